The van der Waals surface area contributed by atoms with E-state index in [1.54, 1.807) is 42.5 Å². The number of rotatable bonds is 5. The Kier molecular flexibility index (Phi) is 5.45. The van der Waals surface area contributed by atoms with Crippen molar-refractivity contribution in [3.05, 3.63) is 83.1 Å². The topological polar surface area (TPSA) is 77.2 Å². The smallest absolute Gasteiger partial charge is 0.255 e. The summed E-state index contributed by atoms with van der Waals surface area (Å²) in [4.78, 5) is 12.6. The van der Waals surface area contributed by atoms with Crippen LogP contribution in [-0.4, -0.2) is 23.2 Å². The van der Waals surface area contributed by atoms with E-state index in [0.29, 0.717) is 39.0 Å². The summed E-state index contributed by atoms with van der Waals surface area (Å²) in [5, 5.41) is 11.6. The number of nitrogens with zero attached hydrogens (tertiary/aromatic N) is 2. The Morgan fingerprint density at radius 1 is 1.00 bits per heavy atom. The van der Waals surface area contributed by atoms with Crippen LogP contribution in [0, 0.1) is 5.82 Å². The third kappa shape index (κ3) is 4.16. The Bertz CT molecular complexity index is 1190. The minimum Gasteiger partial charge on any atom is -0.497 e. The van der Waals surface area contributed by atoms with Crippen LogP contribution >= 0.6 is 11.6 Å². The number of carbonyl (C=O) groups is 1. The molecule has 1 amide bonds. The normalized spacial score (nSPS) is 10.6. The molecule has 1 aromatic heterocycles. The van der Waals surface area contributed by atoms with Gasteiger partial charge in [-0.15, -0.1) is 10.2 Å². The maximum absolute atomic E-state index is 13.1. The lowest BCUT2D eigenvalue weighted by Gasteiger charge is -2.10. The fraction of sp³-hybridized carbons (Fsp3) is 0.0455. The summed E-state index contributed by atoms with van der Waals surface area (Å²) < 4.78 is 24.2. The molecule has 0 spiro atoms. The van der Waals surface area contributed by atoms with Gasteiger partial charge in [0, 0.05) is 16.1 Å². The van der Waals surface area contributed by atoms with Crippen molar-refractivity contribution in [2.75, 3.05) is 12.4 Å². The molecule has 0 aliphatic carbocycles. The van der Waals surface area contributed by atoms with E-state index in [2.05, 4.69) is 15.5 Å². The van der Waals surface area contributed by atoms with Gasteiger partial charge in [0.25, 0.3) is 5.91 Å². The fourth-order valence-electron chi connectivity index (χ4n) is 2.77. The molecule has 1 heterocycles. The van der Waals surface area contributed by atoms with Gasteiger partial charge in [0.2, 0.25) is 11.8 Å². The molecule has 1 N–H and O–H groups in total. The van der Waals surface area contributed by atoms with Crippen LogP contribution in [0.2, 0.25) is 5.02 Å². The second-order valence-electron chi connectivity index (χ2n) is 6.29. The lowest BCUT2D eigenvalue weighted by atomic mass is 10.1. The van der Waals surface area contributed by atoms with Gasteiger partial charge in [0.1, 0.15) is 11.6 Å². The van der Waals surface area contributed by atoms with E-state index in [4.69, 9.17) is 20.8 Å². The molecule has 0 aliphatic rings. The van der Waals surface area contributed by atoms with Gasteiger partial charge < -0.3 is 14.5 Å². The standard InChI is InChI=1S/C22H15ClFN3O3/c1-29-17-10-11-19(25-20(28)13-4-8-16(24)9-5-13)18(12-17)22-27-26-21(30-22)14-2-6-15(23)7-3-14/h2-12H,1H3,(H,25,28). The molecule has 0 atom stereocenters. The second-order valence-corrected chi connectivity index (χ2v) is 6.73. The molecule has 0 radical (unpaired) electrons. The number of aromatic nitrogens is 2. The first kappa shape index (κ1) is 19.6. The van der Waals surface area contributed by atoms with Crippen molar-refractivity contribution < 1.29 is 18.3 Å². The number of anilines is 1. The number of nitrogens with one attached hydrogen (secondary N) is 1. The van der Waals surface area contributed by atoms with Crippen molar-refractivity contribution in [3.8, 4) is 28.7 Å². The average Bonchev–Trinajstić information content (AvgIpc) is 3.25. The van der Waals surface area contributed by atoms with Crippen molar-refractivity contribution in [1.82, 2.24) is 10.2 Å². The number of ether oxygens (including phenoxy) is 1. The highest BCUT2D eigenvalue weighted by molar-refractivity contribution is 6.30. The molecule has 30 heavy (non-hydrogen) atoms. The Morgan fingerprint density at radius 3 is 2.40 bits per heavy atom. The van der Waals surface area contributed by atoms with Gasteiger partial charge >= 0.3 is 0 Å². The molecule has 6 nitrogen and oxygen atoms in total. The minimum absolute atomic E-state index is 0.202. The average molecular weight is 424 g/mol. The Morgan fingerprint density at radius 2 is 1.70 bits per heavy atom. The summed E-state index contributed by atoms with van der Waals surface area (Å²) in [5.41, 5.74) is 1.94. The maximum Gasteiger partial charge on any atom is 0.255 e. The molecule has 0 bridgehead atoms. The van der Waals surface area contributed by atoms with Crippen molar-refractivity contribution in [1.29, 1.82) is 0 Å². The highest BCUT2D eigenvalue weighted by Crippen LogP contribution is 2.33. The summed E-state index contributed by atoms with van der Waals surface area (Å²) in [6.07, 6.45) is 0. The first-order valence-electron chi connectivity index (χ1n) is 8.88. The zero-order chi connectivity index (χ0) is 21.1. The quantitative estimate of drug-likeness (QED) is 0.461. The molecule has 0 aliphatic heterocycles. The summed E-state index contributed by atoms with van der Waals surface area (Å²) in [7, 11) is 1.53. The van der Waals surface area contributed by atoms with Crippen LogP contribution in [0.5, 0.6) is 5.75 Å². The van der Waals surface area contributed by atoms with E-state index in [-0.39, 0.29) is 5.89 Å². The van der Waals surface area contributed by atoms with Gasteiger partial charge in [0.15, 0.2) is 0 Å². The van der Waals surface area contributed by atoms with Crippen molar-refractivity contribution in [2.24, 2.45) is 0 Å². The molecule has 3 aromatic carbocycles. The van der Waals surface area contributed by atoms with Gasteiger partial charge in [-0.3, -0.25) is 4.79 Å². The van der Waals surface area contributed by atoms with E-state index in [9.17, 15) is 9.18 Å². The summed E-state index contributed by atoms with van der Waals surface area (Å²) in [5.74, 6) is 0.237. The van der Waals surface area contributed by atoms with Gasteiger partial charge in [0.05, 0.1) is 18.4 Å². The zero-order valence-corrected chi connectivity index (χ0v) is 16.5. The number of benzene rings is 3. The SMILES string of the molecule is COc1ccc(NC(=O)c2ccc(F)cc2)c(-c2nnc(-c3ccc(Cl)cc3)o2)c1. The van der Waals surface area contributed by atoms with E-state index in [1.807, 2.05) is 0 Å². The number of methoxy groups -OCH3 is 1. The van der Waals surface area contributed by atoms with Crippen molar-refractivity contribution in [3.63, 3.8) is 0 Å². The summed E-state index contributed by atoms with van der Waals surface area (Å²) in [6, 6.07) is 17.3. The van der Waals surface area contributed by atoms with Crippen LogP contribution in [0.3, 0.4) is 0 Å². The largest absolute Gasteiger partial charge is 0.497 e. The van der Waals surface area contributed by atoms with Crippen LogP contribution in [0.25, 0.3) is 22.9 Å². The molecule has 0 fully saturated rings. The number of hydrogen-bond acceptors (Lipinski definition) is 5. The van der Waals surface area contributed by atoms with Gasteiger partial charge in [-0.2, -0.15) is 0 Å². The van der Waals surface area contributed by atoms with Crippen molar-refractivity contribution in [2.45, 2.75) is 0 Å². The van der Waals surface area contributed by atoms with Gasteiger partial charge in [-0.05, 0) is 66.7 Å². The number of hydrogen-bond donors (Lipinski definition) is 1. The van der Waals surface area contributed by atoms with Crippen LogP contribution in [0.4, 0.5) is 10.1 Å². The lowest BCUT2D eigenvalue weighted by Crippen LogP contribution is -2.12. The summed E-state index contributed by atoms with van der Waals surface area (Å²) in [6.45, 7) is 0. The van der Waals surface area contributed by atoms with E-state index in [1.165, 1.54) is 31.4 Å². The molecular formula is C22H15ClFN3O3. The van der Waals surface area contributed by atoms with Crippen LogP contribution in [0.1, 0.15) is 10.4 Å². The van der Waals surface area contributed by atoms with Crippen LogP contribution in [-0.2, 0) is 0 Å². The molecule has 4 aromatic rings. The molecule has 4 rings (SSSR count). The Labute approximate surface area is 176 Å². The monoisotopic (exact) mass is 423 g/mol. The molecule has 0 saturated carbocycles. The molecule has 150 valence electrons. The third-order valence-electron chi connectivity index (χ3n) is 4.33. The fourth-order valence-corrected chi connectivity index (χ4v) is 2.90. The van der Waals surface area contributed by atoms with E-state index < -0.39 is 11.7 Å². The number of halogens is 2. The predicted molar refractivity (Wildman–Crippen MR) is 111 cm³/mol. The second kappa shape index (κ2) is 8.34. The highest BCUT2D eigenvalue weighted by Gasteiger charge is 2.17. The van der Waals surface area contributed by atoms with E-state index >= 15 is 0 Å². The highest BCUT2D eigenvalue weighted by atomic mass is 35.5. The Balaban J connectivity index is 1.68. The first-order valence-corrected chi connectivity index (χ1v) is 9.26. The zero-order valence-electron chi connectivity index (χ0n) is 15.7. The van der Waals surface area contributed by atoms with Crippen LogP contribution in [0.15, 0.2) is 71.1 Å². The molecule has 8 heteroatoms. The van der Waals surface area contributed by atoms with Gasteiger partial charge in [-0.25, -0.2) is 4.39 Å². The third-order valence-corrected chi connectivity index (χ3v) is 4.58. The molecule has 0 unspecified atom stereocenters. The molecule has 0 saturated heterocycles. The number of carbonyl (C=O) groups excluding carboxylic acids is 1. The van der Waals surface area contributed by atoms with E-state index in [0.717, 1.165) is 0 Å². The maximum atomic E-state index is 13.1. The van der Waals surface area contributed by atoms with Crippen LogP contribution < -0.4 is 10.1 Å². The Hall–Kier alpha value is -3.71. The first-order chi connectivity index (χ1) is 14.5. The lowest BCUT2D eigenvalue weighted by molar-refractivity contribution is 0.102. The molecular weight excluding hydrogens is 409 g/mol. The van der Waals surface area contributed by atoms with Gasteiger partial charge in [-0.1, -0.05) is 11.6 Å². The predicted octanol–water partition coefficient (Wildman–Crippen LogP) is 5.46. The minimum atomic E-state index is -0.419. The number of amides is 1. The van der Waals surface area contributed by atoms with Crippen molar-refractivity contribution >= 4 is 23.2 Å². The summed E-state index contributed by atoms with van der Waals surface area (Å²) >= 11 is 5.92.